The molecule has 0 aliphatic rings. The monoisotopic (exact) mass is 386 g/mol. The Bertz CT molecular complexity index is 783. The molecule has 1 N–H and O–H groups in total. The number of nitrogens with zero attached hydrogens (tertiary/aromatic N) is 1. The molecule has 0 saturated carbocycles. The maximum absolute atomic E-state index is 12.1. The zero-order valence-corrected chi connectivity index (χ0v) is 17.2. The molecule has 2 rings (SSSR count). The van der Waals surface area contributed by atoms with E-state index in [-0.39, 0.29) is 18.6 Å². The Balaban J connectivity index is 2.05. The first-order valence-corrected chi connectivity index (χ1v) is 9.76. The van der Waals surface area contributed by atoms with Crippen molar-refractivity contribution < 1.29 is 19.1 Å². The van der Waals surface area contributed by atoms with Gasteiger partial charge in [0.1, 0.15) is 6.61 Å². The molecule has 1 amide bonds. The highest BCUT2D eigenvalue weighted by atomic mass is 16.5. The lowest BCUT2D eigenvalue weighted by molar-refractivity contribution is 0.0599. The Kier molecular flexibility index (Phi) is 8.11. The van der Waals surface area contributed by atoms with Gasteiger partial charge in [0.2, 0.25) is 0 Å². The summed E-state index contributed by atoms with van der Waals surface area (Å²) in [4.78, 5) is 24.3. The summed E-state index contributed by atoms with van der Waals surface area (Å²) in [6.45, 7) is 6.85. The molecular weight excluding hydrogens is 356 g/mol. The Morgan fingerprint density at radius 2 is 1.89 bits per heavy atom. The molecule has 0 saturated heterocycles. The average molecular weight is 386 g/mol. The van der Waals surface area contributed by atoms with Crippen molar-refractivity contribution in [1.29, 1.82) is 0 Å². The van der Waals surface area contributed by atoms with E-state index in [1.54, 1.807) is 0 Å². The van der Waals surface area contributed by atoms with E-state index >= 15 is 0 Å². The number of esters is 1. The summed E-state index contributed by atoms with van der Waals surface area (Å²) in [5.41, 5.74) is 3.56. The maximum Gasteiger partial charge on any atom is 0.407 e. The summed E-state index contributed by atoms with van der Waals surface area (Å²) in [5, 5.41) is 2.87. The number of aromatic nitrogens is 1. The van der Waals surface area contributed by atoms with Gasteiger partial charge in [-0.25, -0.2) is 9.59 Å². The third-order valence-corrected chi connectivity index (χ3v) is 4.58. The second kappa shape index (κ2) is 10.5. The van der Waals surface area contributed by atoms with E-state index in [1.807, 2.05) is 43.3 Å². The lowest BCUT2D eigenvalue weighted by atomic mass is 10.1. The van der Waals surface area contributed by atoms with E-state index in [2.05, 4.69) is 23.7 Å². The third kappa shape index (κ3) is 5.62. The van der Waals surface area contributed by atoms with Gasteiger partial charge in [0.25, 0.3) is 0 Å². The molecule has 28 heavy (non-hydrogen) atoms. The molecule has 2 aromatic rings. The topological polar surface area (TPSA) is 69.6 Å². The van der Waals surface area contributed by atoms with Crippen molar-refractivity contribution >= 4 is 12.1 Å². The molecule has 6 nitrogen and oxygen atoms in total. The van der Waals surface area contributed by atoms with E-state index in [4.69, 9.17) is 9.47 Å². The largest absolute Gasteiger partial charge is 0.465 e. The molecule has 0 spiro atoms. The Morgan fingerprint density at radius 1 is 1.18 bits per heavy atom. The molecule has 1 aromatic heterocycles. The normalized spacial score (nSPS) is 11.7. The van der Waals surface area contributed by atoms with Crippen LogP contribution in [0.2, 0.25) is 0 Å². The third-order valence-electron chi connectivity index (χ3n) is 4.58. The highest BCUT2D eigenvalue weighted by molar-refractivity contribution is 5.91. The maximum atomic E-state index is 12.1. The summed E-state index contributed by atoms with van der Waals surface area (Å²) >= 11 is 0. The van der Waals surface area contributed by atoms with Crippen molar-refractivity contribution in [3.63, 3.8) is 0 Å². The lowest BCUT2D eigenvalue weighted by Gasteiger charge is -2.19. The van der Waals surface area contributed by atoms with Crippen LogP contribution in [-0.2, 0) is 35.5 Å². The average Bonchev–Trinajstić information content (AvgIpc) is 3.04. The number of nitrogens with one attached hydrogen (secondary N) is 1. The van der Waals surface area contributed by atoms with Crippen molar-refractivity contribution in [2.45, 2.75) is 59.2 Å². The first kappa shape index (κ1) is 21.5. The number of ether oxygens (including phenoxy) is 2. The number of alkyl carbamates (subject to hydrolysis) is 1. The number of rotatable bonds is 9. The lowest BCUT2D eigenvalue weighted by Crippen LogP contribution is -2.36. The molecule has 0 unspecified atom stereocenters. The smallest absolute Gasteiger partial charge is 0.407 e. The van der Waals surface area contributed by atoms with E-state index in [0.717, 1.165) is 36.2 Å². The second-order valence-corrected chi connectivity index (χ2v) is 6.81. The van der Waals surface area contributed by atoms with E-state index in [0.29, 0.717) is 12.1 Å². The number of aryl methyl sites for hydroxylation is 1. The Morgan fingerprint density at radius 3 is 2.50 bits per heavy atom. The second-order valence-electron chi connectivity index (χ2n) is 6.81. The highest BCUT2D eigenvalue weighted by Crippen LogP contribution is 2.20. The van der Waals surface area contributed by atoms with Gasteiger partial charge in [0, 0.05) is 24.0 Å². The zero-order valence-electron chi connectivity index (χ0n) is 17.2. The molecule has 1 aromatic carbocycles. The van der Waals surface area contributed by atoms with Gasteiger partial charge in [0.15, 0.2) is 0 Å². The molecule has 0 fully saturated rings. The number of amides is 1. The quantitative estimate of drug-likeness (QED) is 0.659. The van der Waals surface area contributed by atoms with Crippen LogP contribution >= 0.6 is 0 Å². The molecule has 0 radical (unpaired) electrons. The minimum absolute atomic E-state index is 0.151. The number of methoxy groups -OCH3 is 1. The van der Waals surface area contributed by atoms with E-state index < -0.39 is 6.09 Å². The van der Waals surface area contributed by atoms with Crippen LogP contribution in [0.25, 0.3) is 0 Å². The van der Waals surface area contributed by atoms with Crippen molar-refractivity contribution in [3.8, 4) is 0 Å². The van der Waals surface area contributed by atoms with Crippen LogP contribution in [-0.4, -0.2) is 29.8 Å². The highest BCUT2D eigenvalue weighted by Gasteiger charge is 2.21. The van der Waals surface area contributed by atoms with Gasteiger partial charge in [-0.3, -0.25) is 0 Å². The van der Waals surface area contributed by atoms with Gasteiger partial charge in [-0.1, -0.05) is 50.6 Å². The summed E-state index contributed by atoms with van der Waals surface area (Å²) in [6, 6.07) is 11.3. The van der Waals surface area contributed by atoms with Gasteiger partial charge in [-0.2, -0.15) is 0 Å². The van der Waals surface area contributed by atoms with Crippen molar-refractivity contribution in [2.24, 2.45) is 0 Å². The molecule has 0 aliphatic carbocycles. The zero-order chi connectivity index (χ0) is 20.5. The van der Waals surface area contributed by atoms with Crippen LogP contribution < -0.4 is 5.32 Å². The molecule has 1 atom stereocenters. The summed E-state index contributed by atoms with van der Waals surface area (Å²) < 4.78 is 12.4. The van der Waals surface area contributed by atoms with Gasteiger partial charge < -0.3 is 19.4 Å². The van der Waals surface area contributed by atoms with Crippen molar-refractivity contribution in [2.75, 3.05) is 7.11 Å². The number of carbonyl (C=O) groups is 2. The Hall–Kier alpha value is -2.76. The number of hydrogen-bond acceptors (Lipinski definition) is 4. The first-order chi connectivity index (χ1) is 13.5. The van der Waals surface area contributed by atoms with Crippen LogP contribution in [0, 0.1) is 0 Å². The molecule has 152 valence electrons. The molecule has 0 bridgehead atoms. The predicted molar refractivity (Wildman–Crippen MR) is 108 cm³/mol. The van der Waals surface area contributed by atoms with Gasteiger partial charge in [-0.05, 0) is 31.4 Å². The summed E-state index contributed by atoms with van der Waals surface area (Å²) in [6.07, 6.45) is 2.03. The predicted octanol–water partition coefficient (Wildman–Crippen LogP) is 4.10. The first-order valence-electron chi connectivity index (χ1n) is 9.76. The van der Waals surface area contributed by atoms with E-state index in [1.165, 1.54) is 7.11 Å². The minimum atomic E-state index is -0.452. The summed E-state index contributed by atoms with van der Waals surface area (Å²) in [5.74, 6) is -0.320. The summed E-state index contributed by atoms with van der Waals surface area (Å²) in [7, 11) is 1.40. The molecular formula is C22H30N2O4. The van der Waals surface area contributed by atoms with Crippen molar-refractivity contribution in [1.82, 2.24) is 9.88 Å². The Labute approximate surface area is 166 Å². The number of carbonyl (C=O) groups excluding carboxylic acids is 2. The van der Waals surface area contributed by atoms with Gasteiger partial charge in [-0.15, -0.1) is 0 Å². The van der Waals surface area contributed by atoms with Gasteiger partial charge >= 0.3 is 12.1 Å². The van der Waals surface area contributed by atoms with E-state index in [9.17, 15) is 9.59 Å². The molecule has 1 heterocycles. The standard InChI is InChI=1S/C22H30N2O4/c1-5-10-20-19(21(25)27-4)13-18(6-2)24(20)14-16(3)23-22(26)28-15-17-11-8-7-9-12-17/h7-9,11-13,16H,5-6,10,14-15H2,1-4H3,(H,23,26)/t16-/m0/s1. The van der Waals surface area contributed by atoms with Crippen LogP contribution in [0.4, 0.5) is 4.79 Å². The number of hydrogen-bond donors (Lipinski definition) is 1. The number of benzene rings is 1. The fraction of sp³-hybridized carbons (Fsp3) is 0.455. The van der Waals surface area contributed by atoms with Gasteiger partial charge in [0.05, 0.1) is 12.7 Å². The molecule has 6 heteroatoms. The van der Waals surface area contributed by atoms with Crippen LogP contribution in [0.1, 0.15) is 54.5 Å². The van der Waals surface area contributed by atoms with Crippen LogP contribution in [0.5, 0.6) is 0 Å². The fourth-order valence-electron chi connectivity index (χ4n) is 3.25. The molecule has 0 aliphatic heterocycles. The SMILES string of the molecule is CCCc1c(C(=O)OC)cc(CC)n1C[C@H](C)NC(=O)OCc1ccccc1. The minimum Gasteiger partial charge on any atom is -0.465 e. The van der Waals surface area contributed by atoms with Crippen molar-refractivity contribution in [3.05, 3.63) is 58.9 Å². The van der Waals surface area contributed by atoms with Crippen LogP contribution in [0.3, 0.4) is 0 Å². The fourth-order valence-corrected chi connectivity index (χ4v) is 3.25. The van der Waals surface area contributed by atoms with Crippen LogP contribution in [0.15, 0.2) is 36.4 Å².